The molecule has 0 aliphatic heterocycles. The van der Waals surface area contributed by atoms with Gasteiger partial charge in [0.25, 0.3) is 0 Å². The van der Waals surface area contributed by atoms with Gasteiger partial charge >= 0.3 is 0 Å². The van der Waals surface area contributed by atoms with Gasteiger partial charge in [-0.15, -0.1) is 0 Å². The minimum absolute atomic E-state index is 0.00940. The first-order valence-electron chi connectivity index (χ1n) is 5.37. The summed E-state index contributed by atoms with van der Waals surface area (Å²) in [7, 11) is -0.842. The van der Waals surface area contributed by atoms with Crippen molar-refractivity contribution in [2.75, 3.05) is 18.6 Å². The second-order valence-electron chi connectivity index (χ2n) is 4.37. The zero-order valence-corrected chi connectivity index (χ0v) is 10.1. The van der Waals surface area contributed by atoms with Crippen LogP contribution in [0, 0.1) is 0 Å². The molecular weight excluding hydrogens is 212 g/mol. The monoisotopic (exact) mass is 232 g/mol. The van der Waals surface area contributed by atoms with Crippen molar-refractivity contribution in [1.29, 1.82) is 0 Å². The molecule has 1 atom stereocenters. The van der Waals surface area contributed by atoms with E-state index in [-0.39, 0.29) is 11.4 Å². The van der Waals surface area contributed by atoms with Crippen LogP contribution in [0.4, 0.5) is 0 Å². The standard InChI is InChI=1S/C10H20N2O2S/c1-15(14)7-6-12-9(13)8-10(11)4-2-3-5-10/h2-8,11H2,1H3,(H,12,13). The molecule has 1 rings (SSSR count). The molecule has 4 nitrogen and oxygen atoms in total. The molecule has 1 amide bonds. The molecule has 0 aromatic carbocycles. The Morgan fingerprint density at radius 1 is 1.47 bits per heavy atom. The first kappa shape index (κ1) is 12.6. The molecule has 1 aliphatic carbocycles. The average Bonchev–Trinajstić information content (AvgIpc) is 2.50. The summed E-state index contributed by atoms with van der Waals surface area (Å²) in [4.78, 5) is 11.5. The molecule has 0 aromatic heterocycles. The first-order chi connectivity index (χ1) is 7.02. The lowest BCUT2D eigenvalue weighted by molar-refractivity contribution is -0.122. The van der Waals surface area contributed by atoms with E-state index in [9.17, 15) is 9.00 Å². The predicted octanol–water partition coefficient (Wildman–Crippen LogP) is 0.143. The highest BCUT2D eigenvalue weighted by molar-refractivity contribution is 7.84. The van der Waals surface area contributed by atoms with Crippen LogP contribution in [-0.4, -0.2) is 34.2 Å². The molecule has 0 bridgehead atoms. The normalized spacial score (nSPS) is 21.2. The number of carbonyl (C=O) groups is 1. The molecule has 0 spiro atoms. The van der Waals surface area contributed by atoms with Gasteiger partial charge < -0.3 is 11.1 Å². The molecule has 0 aromatic rings. The van der Waals surface area contributed by atoms with Crippen molar-refractivity contribution in [3.05, 3.63) is 0 Å². The molecule has 0 saturated heterocycles. The van der Waals surface area contributed by atoms with Crippen molar-refractivity contribution in [2.45, 2.75) is 37.6 Å². The lowest BCUT2D eigenvalue weighted by atomic mass is 9.94. The summed E-state index contributed by atoms with van der Waals surface area (Å²) in [5.41, 5.74) is 5.79. The molecule has 0 heterocycles. The minimum atomic E-state index is -0.842. The fourth-order valence-corrected chi connectivity index (χ4v) is 2.36. The van der Waals surface area contributed by atoms with Crippen molar-refractivity contribution >= 4 is 16.7 Å². The van der Waals surface area contributed by atoms with E-state index in [1.54, 1.807) is 6.26 Å². The van der Waals surface area contributed by atoms with Gasteiger partial charge in [-0.05, 0) is 12.8 Å². The fourth-order valence-electron chi connectivity index (χ4n) is 1.97. The van der Waals surface area contributed by atoms with Crippen LogP contribution in [0.1, 0.15) is 32.1 Å². The van der Waals surface area contributed by atoms with Gasteiger partial charge in [-0.1, -0.05) is 12.8 Å². The van der Waals surface area contributed by atoms with Crippen LogP contribution in [0.3, 0.4) is 0 Å². The lowest BCUT2D eigenvalue weighted by Crippen LogP contribution is -2.42. The van der Waals surface area contributed by atoms with Crippen molar-refractivity contribution in [1.82, 2.24) is 5.32 Å². The van der Waals surface area contributed by atoms with Gasteiger partial charge in [-0.3, -0.25) is 9.00 Å². The van der Waals surface area contributed by atoms with E-state index in [0.717, 1.165) is 25.7 Å². The number of nitrogens with one attached hydrogen (secondary N) is 1. The van der Waals surface area contributed by atoms with Gasteiger partial charge in [-0.25, -0.2) is 0 Å². The molecule has 15 heavy (non-hydrogen) atoms. The number of nitrogens with two attached hydrogens (primary N) is 1. The Bertz CT molecular complexity index is 250. The van der Waals surface area contributed by atoms with Crippen molar-refractivity contribution in [2.24, 2.45) is 5.73 Å². The van der Waals surface area contributed by atoms with Crippen molar-refractivity contribution in [3.63, 3.8) is 0 Å². The van der Waals surface area contributed by atoms with E-state index >= 15 is 0 Å². The zero-order valence-electron chi connectivity index (χ0n) is 9.25. The van der Waals surface area contributed by atoms with Crippen molar-refractivity contribution < 1.29 is 9.00 Å². The molecular formula is C10H20N2O2S. The van der Waals surface area contributed by atoms with Crippen LogP contribution in [0.2, 0.25) is 0 Å². The number of rotatable bonds is 5. The van der Waals surface area contributed by atoms with E-state index in [1.807, 2.05) is 0 Å². The summed E-state index contributed by atoms with van der Waals surface area (Å²) in [5, 5.41) is 2.75. The van der Waals surface area contributed by atoms with Crippen LogP contribution < -0.4 is 11.1 Å². The second kappa shape index (κ2) is 5.61. The lowest BCUT2D eigenvalue weighted by Gasteiger charge is -2.22. The highest BCUT2D eigenvalue weighted by atomic mass is 32.2. The average molecular weight is 232 g/mol. The summed E-state index contributed by atoms with van der Waals surface area (Å²) < 4.78 is 10.8. The summed E-state index contributed by atoms with van der Waals surface area (Å²) in [6, 6.07) is 0. The highest BCUT2D eigenvalue weighted by Gasteiger charge is 2.31. The SMILES string of the molecule is CS(=O)CCNC(=O)CC1(N)CCCC1. The summed E-state index contributed by atoms with van der Waals surface area (Å²) >= 11 is 0. The number of hydrogen-bond acceptors (Lipinski definition) is 3. The summed E-state index contributed by atoms with van der Waals surface area (Å²) in [6.45, 7) is 0.484. The van der Waals surface area contributed by atoms with Crippen LogP contribution >= 0.6 is 0 Å². The fraction of sp³-hybridized carbons (Fsp3) is 0.900. The Morgan fingerprint density at radius 2 is 2.07 bits per heavy atom. The van der Waals surface area contributed by atoms with E-state index in [4.69, 9.17) is 5.73 Å². The van der Waals surface area contributed by atoms with E-state index in [2.05, 4.69) is 5.32 Å². The number of hydrogen-bond donors (Lipinski definition) is 2. The molecule has 3 N–H and O–H groups in total. The Labute approximate surface area is 93.4 Å². The van der Waals surface area contributed by atoms with Gasteiger partial charge in [0.15, 0.2) is 0 Å². The molecule has 1 aliphatic rings. The Kier molecular flexibility index (Phi) is 4.73. The Balaban J connectivity index is 2.20. The number of carbonyl (C=O) groups excluding carboxylic acids is 1. The van der Waals surface area contributed by atoms with Crippen LogP contribution in [0.15, 0.2) is 0 Å². The quantitative estimate of drug-likeness (QED) is 0.708. The van der Waals surface area contributed by atoms with Crippen LogP contribution in [-0.2, 0) is 15.6 Å². The van der Waals surface area contributed by atoms with Gasteiger partial charge in [0, 0.05) is 41.3 Å². The van der Waals surface area contributed by atoms with Gasteiger partial charge in [0.1, 0.15) is 0 Å². The Hall–Kier alpha value is -0.420. The van der Waals surface area contributed by atoms with Crippen molar-refractivity contribution in [3.8, 4) is 0 Å². The maximum atomic E-state index is 11.5. The largest absolute Gasteiger partial charge is 0.355 e. The third-order valence-electron chi connectivity index (χ3n) is 2.82. The molecule has 88 valence electrons. The van der Waals surface area contributed by atoms with E-state index in [0.29, 0.717) is 18.7 Å². The zero-order chi connectivity index (χ0) is 11.3. The van der Waals surface area contributed by atoms with Crippen LogP contribution in [0.25, 0.3) is 0 Å². The summed E-state index contributed by atoms with van der Waals surface area (Å²) in [5.74, 6) is 0.508. The topological polar surface area (TPSA) is 72.2 Å². The second-order valence-corrected chi connectivity index (χ2v) is 5.93. The smallest absolute Gasteiger partial charge is 0.221 e. The van der Waals surface area contributed by atoms with Gasteiger partial charge in [0.05, 0.1) is 0 Å². The molecule has 0 radical (unpaired) electrons. The first-order valence-corrected chi connectivity index (χ1v) is 7.10. The maximum Gasteiger partial charge on any atom is 0.221 e. The highest BCUT2D eigenvalue weighted by Crippen LogP contribution is 2.29. The molecule has 1 unspecified atom stereocenters. The molecule has 1 fully saturated rings. The van der Waals surface area contributed by atoms with Gasteiger partial charge in [0.2, 0.25) is 5.91 Å². The predicted molar refractivity (Wildman–Crippen MR) is 61.9 cm³/mol. The third-order valence-corrected chi connectivity index (χ3v) is 3.60. The third kappa shape index (κ3) is 4.75. The number of amides is 1. The van der Waals surface area contributed by atoms with Crippen LogP contribution in [0.5, 0.6) is 0 Å². The summed E-state index contributed by atoms with van der Waals surface area (Å²) in [6.07, 6.45) is 6.18. The Morgan fingerprint density at radius 3 is 2.60 bits per heavy atom. The molecule has 1 saturated carbocycles. The van der Waals surface area contributed by atoms with Gasteiger partial charge in [-0.2, -0.15) is 0 Å². The maximum absolute atomic E-state index is 11.5. The molecule has 5 heteroatoms. The van der Waals surface area contributed by atoms with E-state index in [1.165, 1.54) is 0 Å². The van der Waals surface area contributed by atoms with E-state index < -0.39 is 10.8 Å². The minimum Gasteiger partial charge on any atom is -0.355 e.